The summed E-state index contributed by atoms with van der Waals surface area (Å²) in [5.41, 5.74) is 1.63. The third-order valence-corrected chi connectivity index (χ3v) is 6.40. The summed E-state index contributed by atoms with van der Waals surface area (Å²) >= 11 is 1.54. The summed E-state index contributed by atoms with van der Waals surface area (Å²) in [7, 11) is 1.65. The van der Waals surface area contributed by atoms with E-state index >= 15 is 0 Å². The molecule has 0 radical (unpaired) electrons. The van der Waals surface area contributed by atoms with E-state index in [1.807, 2.05) is 5.38 Å². The van der Waals surface area contributed by atoms with Crippen LogP contribution in [0.25, 0.3) is 0 Å². The van der Waals surface area contributed by atoms with Crippen LogP contribution >= 0.6 is 11.3 Å². The van der Waals surface area contributed by atoms with Crippen molar-refractivity contribution in [2.24, 2.45) is 10.4 Å². The summed E-state index contributed by atoms with van der Waals surface area (Å²) in [6.45, 7) is 7.02. The second-order valence-corrected chi connectivity index (χ2v) is 9.10. The number of aliphatic carboxylic acids is 1. The molecule has 1 fully saturated rings. The molecule has 1 saturated heterocycles. The van der Waals surface area contributed by atoms with Crippen molar-refractivity contribution in [2.45, 2.75) is 13.8 Å². The van der Waals surface area contributed by atoms with Crippen LogP contribution in [0.3, 0.4) is 0 Å². The van der Waals surface area contributed by atoms with Crippen LogP contribution in [0.1, 0.15) is 19.4 Å². The molecule has 0 aliphatic carbocycles. The number of carboxylic acid groups (broad SMARTS) is 1. The number of ether oxygens (including phenoxy) is 1. The Kier molecular flexibility index (Phi) is 5.33. The number of aromatic hydroxyl groups is 1. The van der Waals surface area contributed by atoms with Crippen LogP contribution in [0.15, 0.2) is 28.6 Å². The van der Waals surface area contributed by atoms with Gasteiger partial charge in [0.25, 0.3) is 0 Å². The number of benzene rings is 1. The Bertz CT molecular complexity index is 993. The number of amidine groups is 1. The lowest BCUT2D eigenvalue weighted by Crippen LogP contribution is -2.52. The molecule has 4 rings (SSSR count). The number of thiophene rings is 1. The van der Waals surface area contributed by atoms with Gasteiger partial charge < -0.3 is 25.2 Å². The molecule has 1 aromatic carbocycles. The van der Waals surface area contributed by atoms with Crippen molar-refractivity contribution in [1.29, 1.82) is 0 Å². The minimum Gasteiger partial charge on any atom is -0.508 e. The third kappa shape index (κ3) is 3.82. The zero-order valence-electron chi connectivity index (χ0n) is 17.3. The molecule has 1 aromatic heterocycles. The molecule has 160 valence electrons. The Hall–Kier alpha value is -2.78. The van der Waals surface area contributed by atoms with E-state index in [0.717, 1.165) is 59.7 Å². The van der Waals surface area contributed by atoms with E-state index < -0.39 is 11.4 Å². The molecule has 2 aliphatic rings. The molecular weight excluding hydrogens is 404 g/mol. The highest BCUT2D eigenvalue weighted by Crippen LogP contribution is 2.43. The van der Waals surface area contributed by atoms with Crippen LogP contribution in [0.2, 0.25) is 0 Å². The van der Waals surface area contributed by atoms with Gasteiger partial charge >= 0.3 is 5.97 Å². The zero-order valence-corrected chi connectivity index (χ0v) is 18.1. The number of anilines is 2. The van der Waals surface area contributed by atoms with Crippen molar-refractivity contribution in [3.05, 3.63) is 29.1 Å². The molecule has 2 aliphatic heterocycles. The van der Waals surface area contributed by atoms with Gasteiger partial charge in [-0.3, -0.25) is 9.69 Å². The van der Waals surface area contributed by atoms with Gasteiger partial charge in [0, 0.05) is 44.2 Å². The molecule has 0 atom stereocenters. The van der Waals surface area contributed by atoms with Crippen molar-refractivity contribution < 1.29 is 19.7 Å². The molecule has 0 unspecified atom stereocenters. The second-order valence-electron chi connectivity index (χ2n) is 8.22. The number of piperazine rings is 1. The lowest BCUT2D eigenvalue weighted by atomic mass is 9.93. The summed E-state index contributed by atoms with van der Waals surface area (Å²) in [4.78, 5) is 20.8. The molecule has 30 heavy (non-hydrogen) atoms. The molecule has 9 heteroatoms. The Morgan fingerprint density at radius 2 is 2.03 bits per heavy atom. The number of phenolic OH excluding ortho intramolecular Hbond substituents is 1. The number of hydrogen-bond acceptors (Lipinski definition) is 8. The van der Waals surface area contributed by atoms with Crippen LogP contribution < -0.4 is 10.1 Å². The SMILES string of the molecule is COc1csc2c1C(N1CCN(CC(C)(C)C(=O)O)CC1)=Nc1ccc(O)cc1N2. The van der Waals surface area contributed by atoms with Crippen molar-refractivity contribution in [2.75, 3.05) is 45.2 Å². The molecule has 0 bridgehead atoms. The van der Waals surface area contributed by atoms with Crippen molar-refractivity contribution in [1.82, 2.24) is 9.80 Å². The molecule has 3 heterocycles. The van der Waals surface area contributed by atoms with E-state index in [1.54, 1.807) is 39.2 Å². The van der Waals surface area contributed by atoms with Crippen LogP contribution in [0.5, 0.6) is 11.5 Å². The van der Waals surface area contributed by atoms with E-state index in [2.05, 4.69) is 15.1 Å². The Labute approximate surface area is 179 Å². The van der Waals surface area contributed by atoms with Crippen LogP contribution in [-0.2, 0) is 4.79 Å². The lowest BCUT2D eigenvalue weighted by Gasteiger charge is -2.38. The molecular formula is C21H26N4O4S. The maximum atomic E-state index is 11.5. The number of nitrogens with one attached hydrogen (secondary N) is 1. The van der Waals surface area contributed by atoms with Gasteiger partial charge in [0.05, 0.1) is 29.5 Å². The fourth-order valence-electron chi connectivity index (χ4n) is 3.78. The van der Waals surface area contributed by atoms with Gasteiger partial charge in [-0.15, -0.1) is 11.3 Å². The normalized spacial score (nSPS) is 16.8. The first-order valence-electron chi connectivity index (χ1n) is 9.84. The first kappa shape index (κ1) is 20.5. The van der Waals surface area contributed by atoms with Gasteiger partial charge in [0.1, 0.15) is 22.3 Å². The van der Waals surface area contributed by atoms with E-state index in [1.165, 1.54) is 11.3 Å². The summed E-state index contributed by atoms with van der Waals surface area (Å²) in [6, 6.07) is 5.10. The lowest BCUT2D eigenvalue weighted by molar-refractivity contribution is -0.148. The molecule has 0 saturated carbocycles. The van der Waals surface area contributed by atoms with E-state index in [4.69, 9.17) is 9.73 Å². The Balaban J connectivity index is 1.62. The fourth-order valence-corrected chi connectivity index (χ4v) is 4.70. The summed E-state index contributed by atoms with van der Waals surface area (Å²) in [5.74, 6) is 0.987. The third-order valence-electron chi connectivity index (χ3n) is 5.53. The minimum atomic E-state index is -0.781. The first-order chi connectivity index (χ1) is 14.3. The second kappa shape index (κ2) is 7.81. The maximum absolute atomic E-state index is 11.5. The van der Waals surface area contributed by atoms with Gasteiger partial charge in [-0.05, 0) is 26.0 Å². The average molecular weight is 431 g/mol. The predicted octanol–water partition coefficient (Wildman–Crippen LogP) is 3.33. The van der Waals surface area contributed by atoms with Gasteiger partial charge in [-0.2, -0.15) is 0 Å². The van der Waals surface area contributed by atoms with Crippen LogP contribution in [0.4, 0.5) is 16.4 Å². The largest absolute Gasteiger partial charge is 0.508 e. The number of carbonyl (C=O) groups is 1. The van der Waals surface area contributed by atoms with E-state index in [0.29, 0.717) is 6.54 Å². The summed E-state index contributed by atoms with van der Waals surface area (Å²) < 4.78 is 5.60. The average Bonchev–Trinajstić information content (AvgIpc) is 3.03. The summed E-state index contributed by atoms with van der Waals surface area (Å²) in [6.07, 6.45) is 0. The highest BCUT2D eigenvalue weighted by molar-refractivity contribution is 7.15. The quantitative estimate of drug-likeness (QED) is 0.684. The smallest absolute Gasteiger partial charge is 0.310 e. The topological polar surface area (TPSA) is 97.6 Å². The van der Waals surface area contributed by atoms with Gasteiger partial charge in [0.15, 0.2) is 0 Å². The van der Waals surface area contributed by atoms with E-state index in [9.17, 15) is 15.0 Å². The van der Waals surface area contributed by atoms with Crippen molar-refractivity contribution >= 4 is 39.5 Å². The molecule has 0 amide bonds. The molecule has 3 N–H and O–H groups in total. The van der Waals surface area contributed by atoms with Crippen molar-refractivity contribution in [3.8, 4) is 11.5 Å². The molecule has 2 aromatic rings. The Morgan fingerprint density at radius 3 is 2.70 bits per heavy atom. The van der Waals surface area contributed by atoms with Gasteiger partial charge in [0.2, 0.25) is 0 Å². The number of carboxylic acids is 1. The monoisotopic (exact) mass is 430 g/mol. The highest BCUT2D eigenvalue weighted by atomic mass is 32.1. The number of hydrogen-bond donors (Lipinski definition) is 3. The predicted molar refractivity (Wildman–Crippen MR) is 118 cm³/mol. The van der Waals surface area contributed by atoms with E-state index in [-0.39, 0.29) is 5.75 Å². The number of fused-ring (bicyclic) bond motifs is 2. The Morgan fingerprint density at radius 1 is 1.30 bits per heavy atom. The molecule has 0 spiro atoms. The van der Waals surface area contributed by atoms with Gasteiger partial charge in [-0.25, -0.2) is 4.99 Å². The van der Waals surface area contributed by atoms with Crippen LogP contribution in [-0.4, -0.2) is 71.7 Å². The number of nitrogens with zero attached hydrogens (tertiary/aromatic N) is 3. The minimum absolute atomic E-state index is 0.180. The standard InChI is InChI=1S/C21H26N4O4S/c1-21(2,20(27)28)12-24-6-8-25(9-7-24)18-17-16(29-3)11-30-19(17)23-15-10-13(26)4-5-14(15)22-18/h4-5,10-11,23,26H,6-9,12H2,1-3H3,(H,27,28). The number of methoxy groups -OCH3 is 1. The maximum Gasteiger partial charge on any atom is 0.310 e. The fraction of sp³-hybridized carbons (Fsp3) is 0.429. The highest BCUT2D eigenvalue weighted by Gasteiger charge is 2.33. The number of phenols is 1. The number of aliphatic imine (C=N–C) groups is 1. The van der Waals surface area contributed by atoms with Crippen LogP contribution in [0, 0.1) is 5.41 Å². The summed E-state index contributed by atoms with van der Waals surface area (Å²) in [5, 5.41) is 25.6. The molecule has 8 nitrogen and oxygen atoms in total. The van der Waals surface area contributed by atoms with Gasteiger partial charge in [-0.1, -0.05) is 0 Å². The first-order valence-corrected chi connectivity index (χ1v) is 10.7. The van der Waals surface area contributed by atoms with Crippen molar-refractivity contribution in [3.63, 3.8) is 0 Å². The number of rotatable bonds is 4. The zero-order chi connectivity index (χ0) is 21.5.